The lowest BCUT2D eigenvalue weighted by Crippen LogP contribution is -2.65. The zero-order chi connectivity index (χ0) is 30.3. The summed E-state index contributed by atoms with van der Waals surface area (Å²) in [6.07, 6.45) is -26.8. The number of aliphatic hydroxyl groups is 10. The Bertz CT molecular complexity index is 838. The number of rotatable bonds is 8. The Kier molecular flexibility index (Phi) is 11.0. The second-order valence-electron chi connectivity index (χ2n) is 11.0. The fourth-order valence-electron chi connectivity index (χ4n) is 5.28. The van der Waals surface area contributed by atoms with Gasteiger partial charge in [-0.3, -0.25) is 0 Å². The van der Waals surface area contributed by atoms with Crippen LogP contribution in [0.1, 0.15) is 20.8 Å². The van der Waals surface area contributed by atoms with Crippen molar-refractivity contribution in [3.05, 3.63) is 0 Å². The molecular weight excluding hydrogens is 560 g/mol. The summed E-state index contributed by atoms with van der Waals surface area (Å²) in [6.45, 7) is 3.36. The fraction of sp³-hybridized carbons (Fsp3) is 1.00. The molecule has 0 spiro atoms. The molecule has 4 aliphatic heterocycles. The molecule has 10 N–H and O–H groups in total. The third kappa shape index (κ3) is 6.71. The van der Waals surface area contributed by atoms with Gasteiger partial charge in [-0.1, -0.05) is 0 Å². The van der Waals surface area contributed by atoms with Gasteiger partial charge in [-0.2, -0.15) is 0 Å². The van der Waals surface area contributed by atoms with Crippen LogP contribution in [0.3, 0.4) is 0 Å². The van der Waals surface area contributed by atoms with Crippen LogP contribution < -0.4 is 0 Å². The molecule has 17 nitrogen and oxygen atoms in total. The third-order valence-electron chi connectivity index (χ3n) is 8.03. The molecule has 19 unspecified atom stereocenters. The average molecular weight is 603 g/mol. The van der Waals surface area contributed by atoms with Crippen LogP contribution in [-0.4, -0.2) is 181 Å². The van der Waals surface area contributed by atoms with Gasteiger partial charge in [0.15, 0.2) is 18.9 Å². The van der Waals surface area contributed by atoms with Gasteiger partial charge in [-0.05, 0) is 20.8 Å². The maximum atomic E-state index is 10.9. The molecule has 240 valence electrons. The van der Waals surface area contributed by atoms with Crippen LogP contribution in [0.2, 0.25) is 0 Å². The lowest BCUT2D eigenvalue weighted by atomic mass is 9.97. The summed E-state index contributed by atoms with van der Waals surface area (Å²) in [4.78, 5) is 0. The van der Waals surface area contributed by atoms with E-state index in [1.165, 1.54) is 20.8 Å². The van der Waals surface area contributed by atoms with Gasteiger partial charge in [-0.25, -0.2) is 0 Å². The van der Waals surface area contributed by atoms with Crippen LogP contribution in [0.5, 0.6) is 0 Å². The molecule has 4 aliphatic rings. The number of hydrogen-bond donors (Lipinski definition) is 10. The lowest BCUT2D eigenvalue weighted by Gasteiger charge is -2.48. The van der Waals surface area contributed by atoms with Crippen molar-refractivity contribution in [1.82, 2.24) is 0 Å². The molecule has 41 heavy (non-hydrogen) atoms. The highest BCUT2D eigenvalue weighted by atomic mass is 16.8. The molecule has 17 heteroatoms. The van der Waals surface area contributed by atoms with Gasteiger partial charge < -0.3 is 84.2 Å². The number of hydrogen-bond acceptors (Lipinski definition) is 17. The minimum Gasteiger partial charge on any atom is -0.394 e. The standard InChI is InChI=1S/C24H42O17/c1-6-11(26)16(31)19(34)22(36-6)40-21-18(33)13(28)8(3)38-24(21)41-20-17(32)12(27)7(2)37-23(20)35-5-10-15(30)14(29)9(4-25)39-10/h6-34H,4-5H2,1-3H3. The third-order valence-corrected chi connectivity index (χ3v) is 8.03. The first-order chi connectivity index (χ1) is 19.3. The molecule has 0 aromatic heterocycles. The van der Waals surface area contributed by atoms with E-state index in [-0.39, 0.29) is 0 Å². The van der Waals surface area contributed by atoms with Crippen molar-refractivity contribution in [3.8, 4) is 0 Å². The molecule has 0 aromatic carbocycles. The van der Waals surface area contributed by atoms with Crippen LogP contribution in [0.25, 0.3) is 0 Å². The summed E-state index contributed by atoms with van der Waals surface area (Å²) in [5.41, 5.74) is 0. The molecule has 0 bridgehead atoms. The molecule has 0 saturated carbocycles. The maximum Gasteiger partial charge on any atom is 0.187 e. The molecule has 4 fully saturated rings. The van der Waals surface area contributed by atoms with E-state index in [0.29, 0.717) is 0 Å². The summed E-state index contributed by atoms with van der Waals surface area (Å²) >= 11 is 0. The largest absolute Gasteiger partial charge is 0.394 e. The van der Waals surface area contributed by atoms with Crippen molar-refractivity contribution in [1.29, 1.82) is 0 Å². The monoisotopic (exact) mass is 602 g/mol. The van der Waals surface area contributed by atoms with Gasteiger partial charge in [0.2, 0.25) is 0 Å². The van der Waals surface area contributed by atoms with E-state index in [4.69, 9.17) is 33.2 Å². The second-order valence-corrected chi connectivity index (χ2v) is 11.0. The number of ether oxygens (including phenoxy) is 7. The first kappa shape index (κ1) is 33.2. The van der Waals surface area contributed by atoms with Gasteiger partial charge in [0, 0.05) is 0 Å². The Hall–Kier alpha value is -0.680. The van der Waals surface area contributed by atoms with E-state index >= 15 is 0 Å². The van der Waals surface area contributed by atoms with Crippen LogP contribution in [-0.2, 0) is 33.2 Å². The van der Waals surface area contributed by atoms with Gasteiger partial charge in [0.1, 0.15) is 79.4 Å². The lowest BCUT2D eigenvalue weighted by molar-refractivity contribution is -0.389. The Morgan fingerprint density at radius 2 is 0.902 bits per heavy atom. The van der Waals surface area contributed by atoms with Crippen LogP contribution in [0, 0.1) is 0 Å². The summed E-state index contributed by atoms with van der Waals surface area (Å²) in [5, 5.41) is 103. The SMILES string of the molecule is CC1OC(OC2C(OC3C(OCC4OC(CO)C(O)C4O)OC(C)C(O)C3O)OC(C)C(O)C2O)C(O)C(O)C1O. The molecule has 19 atom stereocenters. The van der Waals surface area contributed by atoms with E-state index < -0.39 is 130 Å². The highest BCUT2D eigenvalue weighted by Crippen LogP contribution is 2.33. The topological polar surface area (TPSA) is 267 Å². The normalized spacial score (nSPS) is 54.8. The predicted molar refractivity (Wildman–Crippen MR) is 129 cm³/mol. The summed E-state index contributed by atoms with van der Waals surface area (Å²) in [7, 11) is 0. The van der Waals surface area contributed by atoms with Crippen molar-refractivity contribution < 1.29 is 84.2 Å². The van der Waals surface area contributed by atoms with Gasteiger partial charge in [-0.15, -0.1) is 0 Å². The molecular formula is C24H42O17. The van der Waals surface area contributed by atoms with Crippen LogP contribution >= 0.6 is 0 Å². The molecule has 0 aromatic rings. The Balaban J connectivity index is 1.51. The zero-order valence-corrected chi connectivity index (χ0v) is 22.7. The molecule has 0 aliphatic carbocycles. The fourth-order valence-corrected chi connectivity index (χ4v) is 5.28. The summed E-state index contributed by atoms with van der Waals surface area (Å²) in [5.74, 6) is 0. The average Bonchev–Trinajstić information content (AvgIpc) is 3.22. The Labute approximate surface area is 235 Å². The van der Waals surface area contributed by atoms with Crippen molar-refractivity contribution in [2.45, 2.75) is 137 Å². The van der Waals surface area contributed by atoms with Crippen LogP contribution in [0.4, 0.5) is 0 Å². The van der Waals surface area contributed by atoms with Gasteiger partial charge >= 0.3 is 0 Å². The highest BCUT2D eigenvalue weighted by Gasteiger charge is 2.53. The number of aliphatic hydroxyl groups excluding tert-OH is 10. The van der Waals surface area contributed by atoms with Gasteiger partial charge in [0.05, 0.1) is 31.5 Å². The van der Waals surface area contributed by atoms with Crippen molar-refractivity contribution in [3.63, 3.8) is 0 Å². The Morgan fingerprint density at radius 3 is 1.44 bits per heavy atom. The second kappa shape index (κ2) is 13.5. The quantitative estimate of drug-likeness (QED) is 0.124. The molecule has 0 amide bonds. The Morgan fingerprint density at radius 1 is 0.463 bits per heavy atom. The molecule has 4 rings (SSSR count). The van der Waals surface area contributed by atoms with Gasteiger partial charge in [0.25, 0.3) is 0 Å². The van der Waals surface area contributed by atoms with E-state index in [1.807, 2.05) is 0 Å². The molecule has 0 radical (unpaired) electrons. The molecule has 4 saturated heterocycles. The van der Waals surface area contributed by atoms with Crippen LogP contribution in [0.15, 0.2) is 0 Å². The molecule has 4 heterocycles. The van der Waals surface area contributed by atoms with Crippen molar-refractivity contribution in [2.75, 3.05) is 13.2 Å². The van der Waals surface area contributed by atoms with E-state index in [1.54, 1.807) is 0 Å². The highest BCUT2D eigenvalue weighted by molar-refractivity contribution is 4.95. The zero-order valence-electron chi connectivity index (χ0n) is 22.7. The summed E-state index contributed by atoms with van der Waals surface area (Å²) < 4.78 is 39.5. The smallest absolute Gasteiger partial charge is 0.187 e. The summed E-state index contributed by atoms with van der Waals surface area (Å²) in [6, 6.07) is 0. The van der Waals surface area contributed by atoms with E-state index in [2.05, 4.69) is 0 Å². The minimum absolute atomic E-state index is 0.391. The minimum atomic E-state index is -1.76. The van der Waals surface area contributed by atoms with E-state index in [9.17, 15) is 51.1 Å². The predicted octanol–water partition coefficient (Wildman–Crippen LogP) is -5.98. The van der Waals surface area contributed by atoms with Crippen molar-refractivity contribution in [2.24, 2.45) is 0 Å². The van der Waals surface area contributed by atoms with E-state index in [0.717, 1.165) is 0 Å². The maximum absolute atomic E-state index is 10.9. The van der Waals surface area contributed by atoms with Crippen molar-refractivity contribution >= 4 is 0 Å². The first-order valence-corrected chi connectivity index (χ1v) is 13.5. The first-order valence-electron chi connectivity index (χ1n) is 13.5.